The molecule has 0 spiro atoms. The number of hydrogen-bond donors (Lipinski definition) is 2. The van der Waals surface area contributed by atoms with Gasteiger partial charge in [-0.05, 0) is 32.2 Å². The van der Waals surface area contributed by atoms with Gasteiger partial charge in [0, 0.05) is 13.1 Å². The SMILES string of the molecule is CC1C(=O)NCCN1C(=O)CNCC1CC1. The Balaban J connectivity index is 1.75. The highest BCUT2D eigenvalue weighted by atomic mass is 16.2. The third kappa shape index (κ3) is 2.72. The molecule has 16 heavy (non-hydrogen) atoms. The second-order valence-corrected chi connectivity index (χ2v) is 4.63. The van der Waals surface area contributed by atoms with Crippen LogP contribution < -0.4 is 10.6 Å². The maximum Gasteiger partial charge on any atom is 0.242 e. The molecule has 0 aromatic rings. The second kappa shape index (κ2) is 4.82. The molecule has 2 aliphatic rings. The summed E-state index contributed by atoms with van der Waals surface area (Å²) in [5.74, 6) is 0.750. The summed E-state index contributed by atoms with van der Waals surface area (Å²) in [4.78, 5) is 24.9. The quantitative estimate of drug-likeness (QED) is 0.667. The van der Waals surface area contributed by atoms with E-state index in [0.29, 0.717) is 19.6 Å². The van der Waals surface area contributed by atoms with Crippen LogP contribution in [0.1, 0.15) is 19.8 Å². The van der Waals surface area contributed by atoms with Gasteiger partial charge in [-0.25, -0.2) is 0 Å². The van der Waals surface area contributed by atoms with Crippen LogP contribution in [0.5, 0.6) is 0 Å². The van der Waals surface area contributed by atoms with Crippen molar-refractivity contribution in [3.05, 3.63) is 0 Å². The van der Waals surface area contributed by atoms with Crippen LogP contribution in [0.3, 0.4) is 0 Å². The van der Waals surface area contributed by atoms with Gasteiger partial charge in [-0.1, -0.05) is 0 Å². The van der Waals surface area contributed by atoms with Gasteiger partial charge in [0.25, 0.3) is 0 Å². The zero-order chi connectivity index (χ0) is 11.5. The maximum atomic E-state index is 11.8. The molecule has 1 aliphatic heterocycles. The molecule has 0 bridgehead atoms. The molecule has 2 N–H and O–H groups in total. The number of rotatable bonds is 4. The van der Waals surface area contributed by atoms with Crippen molar-refractivity contribution in [2.24, 2.45) is 5.92 Å². The number of carbonyl (C=O) groups is 2. The highest BCUT2D eigenvalue weighted by Gasteiger charge is 2.29. The number of piperazine rings is 1. The number of nitrogens with one attached hydrogen (secondary N) is 2. The number of carbonyl (C=O) groups excluding carboxylic acids is 2. The van der Waals surface area contributed by atoms with Crippen molar-refractivity contribution in [1.29, 1.82) is 0 Å². The van der Waals surface area contributed by atoms with Gasteiger partial charge in [0.15, 0.2) is 0 Å². The third-order valence-corrected chi connectivity index (χ3v) is 3.23. The molecule has 0 aromatic heterocycles. The average molecular weight is 225 g/mol. The van der Waals surface area contributed by atoms with Crippen molar-refractivity contribution in [2.45, 2.75) is 25.8 Å². The van der Waals surface area contributed by atoms with Gasteiger partial charge >= 0.3 is 0 Å². The van der Waals surface area contributed by atoms with Crippen LogP contribution in [0.25, 0.3) is 0 Å². The number of amides is 2. The smallest absolute Gasteiger partial charge is 0.242 e. The van der Waals surface area contributed by atoms with E-state index < -0.39 is 0 Å². The Hall–Kier alpha value is -1.10. The summed E-state index contributed by atoms with van der Waals surface area (Å²) in [5, 5.41) is 5.90. The standard InChI is InChI=1S/C11H19N3O2/c1-8-11(16)13-4-5-14(8)10(15)7-12-6-9-2-3-9/h8-9,12H,2-7H2,1H3,(H,13,16). The van der Waals surface area contributed by atoms with Gasteiger partial charge in [0.2, 0.25) is 11.8 Å². The molecule has 1 heterocycles. The summed E-state index contributed by atoms with van der Waals surface area (Å²) in [6, 6.07) is -0.330. The Kier molecular flexibility index (Phi) is 3.43. The third-order valence-electron chi connectivity index (χ3n) is 3.23. The lowest BCUT2D eigenvalue weighted by atomic mass is 10.2. The van der Waals surface area contributed by atoms with E-state index in [-0.39, 0.29) is 17.9 Å². The predicted octanol–water partition coefficient (Wildman–Crippen LogP) is -0.667. The first-order valence-corrected chi connectivity index (χ1v) is 5.96. The minimum atomic E-state index is -0.330. The molecule has 0 radical (unpaired) electrons. The van der Waals surface area contributed by atoms with Crippen LogP contribution in [0.4, 0.5) is 0 Å². The number of nitrogens with zero attached hydrogens (tertiary/aromatic N) is 1. The van der Waals surface area contributed by atoms with Crippen molar-refractivity contribution in [1.82, 2.24) is 15.5 Å². The molecule has 2 amide bonds. The van der Waals surface area contributed by atoms with Gasteiger partial charge in [0.05, 0.1) is 6.54 Å². The first-order chi connectivity index (χ1) is 7.68. The Labute approximate surface area is 95.6 Å². The summed E-state index contributed by atoms with van der Waals surface area (Å²) in [6.45, 7) is 4.25. The van der Waals surface area contributed by atoms with Gasteiger partial charge in [-0.3, -0.25) is 9.59 Å². The van der Waals surface area contributed by atoms with Crippen LogP contribution in [-0.4, -0.2) is 48.9 Å². The molecule has 2 rings (SSSR count). The van der Waals surface area contributed by atoms with E-state index in [0.717, 1.165) is 12.5 Å². The van der Waals surface area contributed by atoms with Crippen molar-refractivity contribution in [3.63, 3.8) is 0 Å². The predicted molar refractivity (Wildman–Crippen MR) is 59.8 cm³/mol. The monoisotopic (exact) mass is 225 g/mol. The Morgan fingerprint density at radius 1 is 1.56 bits per heavy atom. The molecule has 1 saturated carbocycles. The highest BCUT2D eigenvalue weighted by molar-refractivity contribution is 5.89. The molecular weight excluding hydrogens is 206 g/mol. The van der Waals surface area contributed by atoms with Gasteiger partial charge in [-0.2, -0.15) is 0 Å². The summed E-state index contributed by atoms with van der Waals surface area (Å²) >= 11 is 0. The first-order valence-electron chi connectivity index (χ1n) is 5.96. The Bertz CT molecular complexity index is 289. The highest BCUT2D eigenvalue weighted by Crippen LogP contribution is 2.27. The van der Waals surface area contributed by atoms with Crippen LogP contribution in [0, 0.1) is 5.92 Å². The number of hydrogen-bond acceptors (Lipinski definition) is 3. The molecule has 1 atom stereocenters. The largest absolute Gasteiger partial charge is 0.353 e. The van der Waals surface area contributed by atoms with Crippen LogP contribution in [0.15, 0.2) is 0 Å². The molecular formula is C11H19N3O2. The molecule has 90 valence electrons. The zero-order valence-electron chi connectivity index (χ0n) is 9.66. The fourth-order valence-corrected chi connectivity index (χ4v) is 1.93. The van der Waals surface area contributed by atoms with E-state index in [2.05, 4.69) is 10.6 Å². The molecule has 2 fully saturated rings. The molecule has 0 aromatic carbocycles. The van der Waals surface area contributed by atoms with Crippen LogP contribution in [0.2, 0.25) is 0 Å². The molecule has 5 nitrogen and oxygen atoms in total. The summed E-state index contributed by atoms with van der Waals surface area (Å²) < 4.78 is 0. The van der Waals surface area contributed by atoms with Crippen molar-refractivity contribution >= 4 is 11.8 Å². The minimum Gasteiger partial charge on any atom is -0.353 e. The summed E-state index contributed by atoms with van der Waals surface area (Å²) in [5.41, 5.74) is 0. The summed E-state index contributed by atoms with van der Waals surface area (Å²) in [6.07, 6.45) is 2.56. The van der Waals surface area contributed by atoms with E-state index in [1.54, 1.807) is 11.8 Å². The van der Waals surface area contributed by atoms with Crippen molar-refractivity contribution < 1.29 is 9.59 Å². The normalized spacial score (nSPS) is 25.4. The topological polar surface area (TPSA) is 61.4 Å². The van der Waals surface area contributed by atoms with E-state index in [1.807, 2.05) is 0 Å². The van der Waals surface area contributed by atoms with Gasteiger partial charge in [-0.15, -0.1) is 0 Å². The molecule has 1 aliphatic carbocycles. The van der Waals surface area contributed by atoms with Crippen molar-refractivity contribution in [2.75, 3.05) is 26.2 Å². The van der Waals surface area contributed by atoms with Crippen LogP contribution in [-0.2, 0) is 9.59 Å². The second-order valence-electron chi connectivity index (χ2n) is 4.63. The molecule has 1 saturated heterocycles. The molecule has 1 unspecified atom stereocenters. The first kappa shape index (κ1) is 11.4. The van der Waals surface area contributed by atoms with E-state index in [9.17, 15) is 9.59 Å². The van der Waals surface area contributed by atoms with Gasteiger partial charge in [0.1, 0.15) is 6.04 Å². The Morgan fingerprint density at radius 2 is 2.31 bits per heavy atom. The maximum absolute atomic E-state index is 11.8. The zero-order valence-corrected chi connectivity index (χ0v) is 9.66. The lowest BCUT2D eigenvalue weighted by Gasteiger charge is -2.32. The lowest BCUT2D eigenvalue weighted by molar-refractivity contribution is -0.141. The van der Waals surface area contributed by atoms with E-state index in [1.165, 1.54) is 12.8 Å². The fourth-order valence-electron chi connectivity index (χ4n) is 1.93. The van der Waals surface area contributed by atoms with Crippen molar-refractivity contribution in [3.8, 4) is 0 Å². The van der Waals surface area contributed by atoms with E-state index in [4.69, 9.17) is 0 Å². The Morgan fingerprint density at radius 3 is 3.00 bits per heavy atom. The minimum absolute atomic E-state index is 0.0306. The van der Waals surface area contributed by atoms with E-state index >= 15 is 0 Å². The lowest BCUT2D eigenvalue weighted by Crippen LogP contribution is -2.57. The summed E-state index contributed by atoms with van der Waals surface area (Å²) in [7, 11) is 0. The fraction of sp³-hybridized carbons (Fsp3) is 0.818. The van der Waals surface area contributed by atoms with Crippen LogP contribution >= 0.6 is 0 Å². The van der Waals surface area contributed by atoms with Gasteiger partial charge < -0.3 is 15.5 Å². The average Bonchev–Trinajstić information content (AvgIpc) is 3.06. The molecule has 5 heteroatoms.